The van der Waals surface area contributed by atoms with Gasteiger partial charge in [-0.15, -0.1) is 0 Å². The van der Waals surface area contributed by atoms with Crippen LogP contribution in [0.1, 0.15) is 56.7 Å². The number of carboxylic acid groups (broad SMARTS) is 1. The second-order valence-corrected chi connectivity index (χ2v) is 7.36. The van der Waals surface area contributed by atoms with Gasteiger partial charge in [0.25, 0.3) is 0 Å². The van der Waals surface area contributed by atoms with E-state index in [1.54, 1.807) is 0 Å². The van der Waals surface area contributed by atoms with Crippen molar-refractivity contribution in [3.8, 4) is 0 Å². The quantitative estimate of drug-likeness (QED) is 0.791. The van der Waals surface area contributed by atoms with Crippen LogP contribution in [0, 0.1) is 11.8 Å². The minimum absolute atomic E-state index is 0.0121. The topological polar surface area (TPSA) is 95.1 Å². The van der Waals surface area contributed by atoms with Crippen molar-refractivity contribution in [2.45, 2.75) is 50.9 Å². The van der Waals surface area contributed by atoms with E-state index in [1.807, 2.05) is 18.2 Å². The summed E-state index contributed by atoms with van der Waals surface area (Å²) >= 11 is 0. The van der Waals surface area contributed by atoms with Gasteiger partial charge in [-0.2, -0.15) is 0 Å². The third-order valence-electron chi connectivity index (χ3n) is 5.71. The van der Waals surface area contributed by atoms with Crippen molar-refractivity contribution < 1.29 is 14.7 Å². The molecule has 0 saturated heterocycles. The first kappa shape index (κ1) is 16.1. The van der Waals surface area contributed by atoms with Crippen LogP contribution in [-0.2, 0) is 9.59 Å². The molecule has 2 aliphatic rings. The Hall–Kier alpha value is -2.37. The Labute approximate surface area is 146 Å². The summed E-state index contributed by atoms with van der Waals surface area (Å²) in [7, 11) is 0. The summed E-state index contributed by atoms with van der Waals surface area (Å²) in [6.07, 6.45) is 6.11. The fourth-order valence-corrected chi connectivity index (χ4v) is 3.83. The number of nitrogens with zero attached hydrogens (tertiary/aromatic N) is 1. The van der Waals surface area contributed by atoms with Crippen LogP contribution in [0.15, 0.2) is 18.2 Å². The number of aromatic nitrogens is 2. The zero-order valence-electron chi connectivity index (χ0n) is 14.1. The Morgan fingerprint density at radius 1 is 1.08 bits per heavy atom. The second-order valence-electron chi connectivity index (χ2n) is 7.36. The third kappa shape index (κ3) is 3.25. The molecule has 2 fully saturated rings. The molecule has 0 unspecified atom stereocenters. The van der Waals surface area contributed by atoms with E-state index in [1.165, 1.54) is 19.3 Å². The third-order valence-corrected chi connectivity index (χ3v) is 5.71. The molecule has 0 aliphatic heterocycles. The van der Waals surface area contributed by atoms with Crippen molar-refractivity contribution in [3.63, 3.8) is 0 Å². The summed E-state index contributed by atoms with van der Waals surface area (Å²) in [5.41, 5.74) is 2.65. The number of aromatic amines is 1. The standard InChI is InChI=1S/C19H23N3O3/c23-18(12-4-6-13(7-5-12)19(24)25)20-14-8-9-15-16(10-14)22-17(21-15)11-2-1-3-11/h8-13H,1-7H2,(H,20,23)(H,21,22)(H,24,25). The largest absolute Gasteiger partial charge is 0.481 e. The van der Waals surface area contributed by atoms with Gasteiger partial charge >= 0.3 is 5.97 Å². The highest BCUT2D eigenvalue weighted by Crippen LogP contribution is 2.36. The summed E-state index contributed by atoms with van der Waals surface area (Å²) in [5, 5.41) is 12.0. The molecule has 2 aromatic rings. The molecule has 1 heterocycles. The summed E-state index contributed by atoms with van der Waals surface area (Å²) in [5.74, 6) is 0.452. The van der Waals surface area contributed by atoms with Gasteiger partial charge in [0, 0.05) is 17.5 Å². The molecule has 1 aromatic heterocycles. The Morgan fingerprint density at radius 2 is 1.80 bits per heavy atom. The lowest BCUT2D eigenvalue weighted by atomic mass is 9.81. The van der Waals surface area contributed by atoms with Crippen molar-refractivity contribution in [2.24, 2.45) is 11.8 Å². The summed E-state index contributed by atoms with van der Waals surface area (Å²) in [4.78, 5) is 31.5. The van der Waals surface area contributed by atoms with Gasteiger partial charge in [0.15, 0.2) is 0 Å². The van der Waals surface area contributed by atoms with Crippen LogP contribution >= 0.6 is 0 Å². The SMILES string of the molecule is O=C(O)C1CCC(C(=O)Nc2ccc3nc(C4CCC4)[nH]c3c2)CC1. The average molecular weight is 341 g/mol. The van der Waals surface area contributed by atoms with Gasteiger partial charge in [-0.1, -0.05) is 6.42 Å². The monoisotopic (exact) mass is 341 g/mol. The molecule has 3 N–H and O–H groups in total. The first-order chi connectivity index (χ1) is 12.1. The number of imidazole rings is 1. The number of aliphatic carboxylic acids is 1. The van der Waals surface area contributed by atoms with Gasteiger partial charge in [-0.05, 0) is 56.7 Å². The van der Waals surface area contributed by atoms with Gasteiger partial charge in [0.05, 0.1) is 17.0 Å². The highest BCUT2D eigenvalue weighted by molar-refractivity contribution is 5.94. The molecule has 6 nitrogen and oxygen atoms in total. The van der Waals surface area contributed by atoms with Gasteiger partial charge in [0.2, 0.25) is 5.91 Å². The fraction of sp³-hybridized carbons (Fsp3) is 0.526. The van der Waals surface area contributed by atoms with Crippen molar-refractivity contribution in [2.75, 3.05) is 5.32 Å². The Kier molecular flexibility index (Phi) is 4.19. The molecule has 1 aromatic carbocycles. The van der Waals surface area contributed by atoms with E-state index in [9.17, 15) is 9.59 Å². The number of benzene rings is 1. The van der Waals surface area contributed by atoms with Crippen LogP contribution in [0.3, 0.4) is 0 Å². The van der Waals surface area contributed by atoms with Gasteiger partial charge in [-0.3, -0.25) is 9.59 Å². The number of carbonyl (C=O) groups excluding carboxylic acids is 1. The van der Waals surface area contributed by atoms with Crippen LogP contribution in [0.2, 0.25) is 0 Å². The van der Waals surface area contributed by atoms with Gasteiger partial charge in [-0.25, -0.2) is 4.98 Å². The number of hydrogen-bond donors (Lipinski definition) is 3. The van der Waals surface area contributed by atoms with Crippen LogP contribution in [0.25, 0.3) is 11.0 Å². The van der Waals surface area contributed by atoms with Crippen LogP contribution in [0.5, 0.6) is 0 Å². The Balaban J connectivity index is 1.41. The lowest BCUT2D eigenvalue weighted by Gasteiger charge is -2.25. The maximum atomic E-state index is 12.5. The van der Waals surface area contributed by atoms with Crippen LogP contribution in [0.4, 0.5) is 5.69 Å². The zero-order valence-corrected chi connectivity index (χ0v) is 14.1. The molecule has 0 spiro atoms. The molecule has 25 heavy (non-hydrogen) atoms. The van der Waals surface area contributed by atoms with E-state index in [4.69, 9.17) is 5.11 Å². The maximum absolute atomic E-state index is 12.5. The lowest BCUT2D eigenvalue weighted by Crippen LogP contribution is -2.29. The Bertz CT molecular complexity index is 801. The molecular weight excluding hydrogens is 318 g/mol. The number of carboxylic acids is 1. The van der Waals surface area contributed by atoms with E-state index < -0.39 is 5.97 Å². The molecule has 132 valence electrons. The van der Waals surface area contributed by atoms with Gasteiger partial charge in [0.1, 0.15) is 5.82 Å². The van der Waals surface area contributed by atoms with E-state index in [2.05, 4.69) is 15.3 Å². The van der Waals surface area contributed by atoms with Crippen molar-refractivity contribution >= 4 is 28.6 Å². The predicted octanol–water partition coefficient (Wildman–Crippen LogP) is 3.66. The van der Waals surface area contributed by atoms with Crippen LogP contribution in [-0.4, -0.2) is 27.0 Å². The summed E-state index contributed by atoms with van der Waals surface area (Å²) < 4.78 is 0. The second kappa shape index (κ2) is 6.50. The molecule has 4 rings (SSSR count). The molecule has 1 amide bonds. The summed E-state index contributed by atoms with van der Waals surface area (Å²) in [6, 6.07) is 5.75. The Morgan fingerprint density at radius 3 is 2.44 bits per heavy atom. The van der Waals surface area contributed by atoms with Crippen LogP contribution < -0.4 is 5.32 Å². The molecule has 6 heteroatoms. The van der Waals surface area contributed by atoms with E-state index >= 15 is 0 Å². The number of anilines is 1. The first-order valence-electron chi connectivity index (χ1n) is 9.13. The molecule has 2 saturated carbocycles. The first-order valence-corrected chi connectivity index (χ1v) is 9.13. The maximum Gasteiger partial charge on any atom is 0.306 e. The average Bonchev–Trinajstić information content (AvgIpc) is 2.95. The normalized spacial score (nSPS) is 24.0. The molecular formula is C19H23N3O3. The highest BCUT2D eigenvalue weighted by Gasteiger charge is 2.29. The predicted molar refractivity (Wildman–Crippen MR) is 94.4 cm³/mol. The van der Waals surface area contributed by atoms with Gasteiger partial charge < -0.3 is 15.4 Å². The molecule has 0 bridgehead atoms. The number of fused-ring (bicyclic) bond motifs is 1. The van der Waals surface area contributed by atoms with E-state index in [0.29, 0.717) is 31.6 Å². The molecule has 0 radical (unpaired) electrons. The number of amides is 1. The van der Waals surface area contributed by atoms with E-state index in [-0.39, 0.29) is 17.7 Å². The lowest BCUT2D eigenvalue weighted by molar-refractivity contribution is -0.143. The minimum atomic E-state index is -0.745. The zero-order chi connectivity index (χ0) is 17.4. The number of H-pyrrole nitrogens is 1. The molecule has 0 atom stereocenters. The van der Waals surface area contributed by atoms with Crippen molar-refractivity contribution in [1.82, 2.24) is 9.97 Å². The number of carbonyl (C=O) groups is 2. The minimum Gasteiger partial charge on any atom is -0.481 e. The van der Waals surface area contributed by atoms with E-state index in [0.717, 1.165) is 22.5 Å². The molecule has 2 aliphatic carbocycles. The summed E-state index contributed by atoms with van der Waals surface area (Å²) in [6.45, 7) is 0. The number of rotatable bonds is 4. The number of nitrogens with one attached hydrogen (secondary N) is 2. The smallest absolute Gasteiger partial charge is 0.306 e. The highest BCUT2D eigenvalue weighted by atomic mass is 16.4. The fourth-order valence-electron chi connectivity index (χ4n) is 3.83. The van der Waals surface area contributed by atoms with Crippen molar-refractivity contribution in [3.05, 3.63) is 24.0 Å². The number of hydrogen-bond acceptors (Lipinski definition) is 3. The van der Waals surface area contributed by atoms with Crippen molar-refractivity contribution in [1.29, 1.82) is 0 Å².